The van der Waals surface area contributed by atoms with Gasteiger partial charge in [-0.3, -0.25) is 13.8 Å². The first kappa shape index (κ1) is 58.2. The fourth-order valence-corrected chi connectivity index (χ4v) is 7.20. The molecule has 0 aromatic carbocycles. The molecule has 0 rings (SSSR count). The van der Waals surface area contributed by atoms with E-state index in [9.17, 15) is 14.3 Å². The Morgan fingerprint density at radius 1 is 0.517 bits per heavy atom. The van der Waals surface area contributed by atoms with E-state index < -0.39 is 13.9 Å². The van der Waals surface area contributed by atoms with Crippen LogP contribution in [0.15, 0.2) is 60.8 Å². The zero-order valence-electron chi connectivity index (χ0n) is 39.7. The molecular formula is C51H95NO7P+. The van der Waals surface area contributed by atoms with Crippen LogP contribution in [0, 0.1) is 0 Å². The van der Waals surface area contributed by atoms with Gasteiger partial charge >= 0.3 is 13.8 Å². The van der Waals surface area contributed by atoms with Gasteiger partial charge in [-0.1, -0.05) is 177 Å². The molecule has 0 aliphatic rings. The number of likely N-dealkylation sites (N-methyl/N-ethyl adjacent to an activating group) is 1. The molecule has 0 aromatic heterocycles. The zero-order chi connectivity index (χ0) is 44.1. The van der Waals surface area contributed by atoms with Crippen molar-refractivity contribution in [3.8, 4) is 0 Å². The number of phosphoric acid groups is 1. The van der Waals surface area contributed by atoms with Gasteiger partial charge in [0, 0.05) is 13.0 Å². The molecule has 2 unspecified atom stereocenters. The molecule has 0 spiro atoms. The molecule has 8 nitrogen and oxygen atoms in total. The Bertz CT molecular complexity index is 1140. The number of phosphoric ester groups is 1. The maximum absolute atomic E-state index is 12.7. The first-order valence-electron chi connectivity index (χ1n) is 24.5. The number of carbonyl (C=O) groups excluding carboxylic acids is 1. The van der Waals surface area contributed by atoms with E-state index in [4.69, 9.17) is 18.5 Å². The molecular weight excluding hydrogens is 770 g/mol. The van der Waals surface area contributed by atoms with Crippen LogP contribution in [-0.2, 0) is 27.9 Å². The summed E-state index contributed by atoms with van der Waals surface area (Å²) in [5, 5.41) is 0. The van der Waals surface area contributed by atoms with Gasteiger partial charge in [0.2, 0.25) is 0 Å². The molecule has 0 aliphatic carbocycles. The Morgan fingerprint density at radius 3 is 1.42 bits per heavy atom. The van der Waals surface area contributed by atoms with Crippen LogP contribution in [0.1, 0.15) is 200 Å². The number of allylic oxidation sites excluding steroid dienone is 10. The van der Waals surface area contributed by atoms with Gasteiger partial charge in [0.05, 0.1) is 34.4 Å². The third-order valence-electron chi connectivity index (χ3n) is 10.3. The van der Waals surface area contributed by atoms with Crippen LogP contribution in [0.4, 0.5) is 0 Å². The molecule has 1 N–H and O–H groups in total. The molecule has 0 fully saturated rings. The minimum Gasteiger partial charge on any atom is -0.457 e. The largest absolute Gasteiger partial charge is 0.472 e. The Morgan fingerprint density at radius 2 is 0.933 bits per heavy atom. The smallest absolute Gasteiger partial charge is 0.457 e. The van der Waals surface area contributed by atoms with Crippen molar-refractivity contribution in [2.75, 3.05) is 54.1 Å². The van der Waals surface area contributed by atoms with Crippen molar-refractivity contribution < 1.29 is 37.3 Å². The van der Waals surface area contributed by atoms with E-state index in [-0.39, 0.29) is 25.8 Å². The van der Waals surface area contributed by atoms with E-state index in [1.165, 1.54) is 116 Å². The lowest BCUT2D eigenvalue weighted by atomic mass is 10.1. The molecule has 0 heterocycles. The van der Waals surface area contributed by atoms with E-state index >= 15 is 0 Å². The summed E-state index contributed by atoms with van der Waals surface area (Å²) >= 11 is 0. The van der Waals surface area contributed by atoms with Crippen LogP contribution in [-0.4, -0.2) is 75.6 Å². The minimum absolute atomic E-state index is 0.0824. The van der Waals surface area contributed by atoms with Crippen LogP contribution < -0.4 is 0 Å². The highest BCUT2D eigenvalue weighted by molar-refractivity contribution is 7.47. The van der Waals surface area contributed by atoms with Crippen molar-refractivity contribution in [1.29, 1.82) is 0 Å². The number of nitrogens with zero attached hydrogens (tertiary/aromatic N) is 1. The van der Waals surface area contributed by atoms with Crippen molar-refractivity contribution in [3.05, 3.63) is 60.8 Å². The molecule has 60 heavy (non-hydrogen) atoms. The lowest BCUT2D eigenvalue weighted by Crippen LogP contribution is -2.37. The highest BCUT2D eigenvalue weighted by atomic mass is 31.2. The number of carbonyl (C=O) groups is 1. The maximum Gasteiger partial charge on any atom is 0.472 e. The molecule has 2 atom stereocenters. The standard InChI is InChI=1S/C51H94NO7P/c1-6-8-10-12-14-16-18-20-22-23-24-25-26-27-28-29-30-32-34-36-38-40-42-44-51(53)59-50(49-58-60(54,55)57-47-45-52(3,4)5)48-56-46-43-41-39-37-35-33-31-21-19-17-15-13-11-9-7-2/h13,15,18-21,23-24,26-27,50H,6-12,14,16-17,22,25,28-49H2,1-5H3/p+1/b15-13-,20-18-,21-19-,24-23-,27-26-. The summed E-state index contributed by atoms with van der Waals surface area (Å²) in [5.41, 5.74) is 0. The summed E-state index contributed by atoms with van der Waals surface area (Å²) in [6.07, 6.45) is 55.4. The molecule has 0 saturated carbocycles. The van der Waals surface area contributed by atoms with E-state index in [2.05, 4.69) is 74.6 Å². The third-order valence-corrected chi connectivity index (χ3v) is 11.3. The van der Waals surface area contributed by atoms with Crippen LogP contribution in [0.25, 0.3) is 0 Å². The topological polar surface area (TPSA) is 91.3 Å². The fourth-order valence-electron chi connectivity index (χ4n) is 6.46. The number of unbranched alkanes of at least 4 members (excludes halogenated alkanes) is 21. The van der Waals surface area contributed by atoms with Gasteiger partial charge in [0.25, 0.3) is 0 Å². The summed E-state index contributed by atoms with van der Waals surface area (Å²) in [4.78, 5) is 23.0. The van der Waals surface area contributed by atoms with Crippen LogP contribution in [0.3, 0.4) is 0 Å². The quantitative estimate of drug-likeness (QED) is 0.0214. The highest BCUT2D eigenvalue weighted by Crippen LogP contribution is 2.43. The van der Waals surface area contributed by atoms with Crippen LogP contribution in [0.2, 0.25) is 0 Å². The Hall–Kier alpha value is -1.80. The van der Waals surface area contributed by atoms with E-state index in [1.54, 1.807) is 0 Å². The summed E-state index contributed by atoms with van der Waals surface area (Å²) in [7, 11) is 1.65. The van der Waals surface area contributed by atoms with Crippen molar-refractivity contribution in [2.24, 2.45) is 0 Å². The van der Waals surface area contributed by atoms with Gasteiger partial charge in [-0.05, 0) is 77.0 Å². The maximum atomic E-state index is 12.7. The van der Waals surface area contributed by atoms with Crippen molar-refractivity contribution >= 4 is 13.8 Å². The van der Waals surface area contributed by atoms with Crippen molar-refractivity contribution in [1.82, 2.24) is 0 Å². The summed E-state index contributed by atoms with van der Waals surface area (Å²) in [5.74, 6) is -0.326. The lowest BCUT2D eigenvalue weighted by Gasteiger charge is -2.24. The van der Waals surface area contributed by atoms with E-state index in [1.807, 2.05) is 21.1 Å². The number of ether oxygens (including phenoxy) is 2. The summed E-state index contributed by atoms with van der Waals surface area (Å²) < 4.78 is 35.1. The average molecular weight is 865 g/mol. The lowest BCUT2D eigenvalue weighted by molar-refractivity contribution is -0.870. The molecule has 9 heteroatoms. The first-order chi connectivity index (χ1) is 29.1. The molecule has 0 bridgehead atoms. The van der Waals surface area contributed by atoms with Crippen molar-refractivity contribution in [2.45, 2.75) is 206 Å². The van der Waals surface area contributed by atoms with E-state index in [0.717, 1.165) is 64.2 Å². The van der Waals surface area contributed by atoms with Crippen molar-refractivity contribution in [3.63, 3.8) is 0 Å². The first-order valence-corrected chi connectivity index (χ1v) is 26.0. The molecule has 0 saturated heterocycles. The predicted octanol–water partition coefficient (Wildman–Crippen LogP) is 14.9. The summed E-state index contributed by atoms with van der Waals surface area (Å²) in [6, 6.07) is 0. The van der Waals surface area contributed by atoms with Gasteiger partial charge < -0.3 is 18.9 Å². The van der Waals surface area contributed by atoms with Gasteiger partial charge in [-0.15, -0.1) is 0 Å². The number of rotatable bonds is 45. The normalized spacial score (nSPS) is 14.2. The average Bonchev–Trinajstić information content (AvgIpc) is 3.20. The molecule has 0 amide bonds. The van der Waals surface area contributed by atoms with Gasteiger partial charge in [-0.2, -0.15) is 0 Å². The fraction of sp³-hybridized carbons (Fsp3) is 0.784. The molecule has 0 radical (unpaired) electrons. The second-order valence-electron chi connectivity index (χ2n) is 17.5. The monoisotopic (exact) mass is 865 g/mol. The number of hydrogen-bond donors (Lipinski definition) is 1. The molecule has 350 valence electrons. The van der Waals surface area contributed by atoms with E-state index in [0.29, 0.717) is 24.1 Å². The number of hydrogen-bond acceptors (Lipinski definition) is 6. The Kier molecular flexibility index (Phi) is 42.5. The molecule has 0 aromatic rings. The second-order valence-corrected chi connectivity index (χ2v) is 18.9. The zero-order valence-corrected chi connectivity index (χ0v) is 40.6. The second kappa shape index (κ2) is 43.8. The predicted molar refractivity (Wildman–Crippen MR) is 256 cm³/mol. The summed E-state index contributed by atoms with van der Waals surface area (Å²) in [6.45, 7) is 5.54. The SMILES string of the molecule is CCCC/C=C\C/C=C\CCCCCCCCOCC(COP(=O)(O)OCC[N+](C)(C)C)OC(=O)CCCCCCCCCC/C=C\C/C=C\C/C=C\CCCCCCC. The van der Waals surface area contributed by atoms with Crippen LogP contribution in [0.5, 0.6) is 0 Å². The Labute approximate surface area is 370 Å². The van der Waals surface area contributed by atoms with Crippen LogP contribution >= 0.6 is 7.82 Å². The third kappa shape index (κ3) is 47.3. The number of esters is 1. The van der Waals surface area contributed by atoms with Gasteiger partial charge in [0.1, 0.15) is 19.3 Å². The van der Waals surface area contributed by atoms with Gasteiger partial charge in [0.15, 0.2) is 0 Å². The molecule has 0 aliphatic heterocycles. The number of quaternary nitrogens is 1. The van der Waals surface area contributed by atoms with Gasteiger partial charge in [-0.25, -0.2) is 4.57 Å². The Balaban J connectivity index is 4.19. The minimum atomic E-state index is -4.29. The highest BCUT2D eigenvalue weighted by Gasteiger charge is 2.26.